The maximum Gasteiger partial charge on any atom is 0.303 e. The molecule has 0 N–H and O–H groups in total. The number of carbonyl (C=O) groups excluding carboxylic acids is 3. The summed E-state index contributed by atoms with van der Waals surface area (Å²) in [6.07, 6.45) is -2.90. The average Bonchev–Trinajstić information content (AvgIpc) is 2.69. The van der Waals surface area contributed by atoms with Crippen LogP contribution in [0, 0.1) is 13.8 Å². The van der Waals surface area contributed by atoms with Crippen LogP contribution in [0.2, 0.25) is 0 Å². The third kappa shape index (κ3) is 5.24. The van der Waals surface area contributed by atoms with Crippen LogP contribution in [-0.2, 0) is 28.6 Å². The fraction of sp³-hybridized carbons (Fsp3) is 0.455. The molecule has 0 radical (unpaired) electrons. The van der Waals surface area contributed by atoms with Crippen LogP contribution < -0.4 is 10.2 Å². The number of rotatable bonds is 5. The van der Waals surface area contributed by atoms with E-state index in [1.54, 1.807) is 32.0 Å². The van der Waals surface area contributed by atoms with Gasteiger partial charge >= 0.3 is 17.9 Å². The molecular formula is C22H24O9S. The van der Waals surface area contributed by atoms with E-state index in [0.29, 0.717) is 28.0 Å². The lowest BCUT2D eigenvalue weighted by Gasteiger charge is -2.39. The van der Waals surface area contributed by atoms with Crippen molar-refractivity contribution in [2.24, 2.45) is 0 Å². The molecule has 0 aliphatic carbocycles. The molecule has 10 heteroatoms. The molecule has 0 amide bonds. The Kier molecular flexibility index (Phi) is 7.12. The minimum absolute atomic E-state index is 0.126. The van der Waals surface area contributed by atoms with E-state index in [1.165, 1.54) is 32.5 Å². The third-order valence-corrected chi connectivity index (χ3v) is 6.10. The van der Waals surface area contributed by atoms with Gasteiger partial charge in [0.15, 0.2) is 29.2 Å². The standard InChI is InChI=1S/C22H24O9S/c1-10-11(2)27-17-8-15(6-7-16(17)19(10)26)31-22-21(30-14(5)25)20(29-13(4)24)18(9-32-22)28-12(3)23/h6-8,18,20-22H,9H2,1-5H3/t18-,20+,21-,22+/m1/s1. The lowest BCUT2D eigenvalue weighted by atomic mass is 10.1. The number of hydrogen-bond acceptors (Lipinski definition) is 10. The van der Waals surface area contributed by atoms with Crippen molar-refractivity contribution in [2.45, 2.75) is 58.4 Å². The highest BCUT2D eigenvalue weighted by Crippen LogP contribution is 2.35. The first-order valence-corrected chi connectivity index (χ1v) is 11.0. The van der Waals surface area contributed by atoms with Crippen molar-refractivity contribution >= 4 is 40.6 Å². The zero-order valence-electron chi connectivity index (χ0n) is 18.3. The van der Waals surface area contributed by atoms with E-state index in [4.69, 9.17) is 23.4 Å². The molecule has 3 rings (SSSR count). The summed E-state index contributed by atoms with van der Waals surface area (Å²) in [7, 11) is 0. The van der Waals surface area contributed by atoms with Crippen LogP contribution in [0.1, 0.15) is 32.1 Å². The van der Waals surface area contributed by atoms with Gasteiger partial charge in [-0.1, -0.05) is 0 Å². The van der Waals surface area contributed by atoms with Crippen molar-refractivity contribution in [3.05, 3.63) is 39.7 Å². The molecule has 1 aromatic carbocycles. The second-order valence-corrected chi connectivity index (χ2v) is 8.52. The minimum Gasteiger partial charge on any atom is -0.476 e. The van der Waals surface area contributed by atoms with Gasteiger partial charge in [-0.15, -0.1) is 11.8 Å². The van der Waals surface area contributed by atoms with Crippen LogP contribution in [0.3, 0.4) is 0 Å². The fourth-order valence-electron chi connectivity index (χ4n) is 3.40. The first kappa shape index (κ1) is 23.6. The molecule has 1 fully saturated rings. The van der Waals surface area contributed by atoms with Crippen LogP contribution in [0.4, 0.5) is 0 Å². The molecule has 0 saturated carbocycles. The lowest BCUT2D eigenvalue weighted by Crippen LogP contribution is -2.55. The summed E-state index contributed by atoms with van der Waals surface area (Å²) in [5.41, 5.74) is -0.00973. The monoisotopic (exact) mass is 464 g/mol. The predicted molar refractivity (Wildman–Crippen MR) is 115 cm³/mol. The Morgan fingerprint density at radius 2 is 1.59 bits per heavy atom. The van der Waals surface area contributed by atoms with Gasteiger partial charge in [-0.05, 0) is 26.0 Å². The Bertz CT molecular complexity index is 1110. The molecule has 4 atom stereocenters. The van der Waals surface area contributed by atoms with Crippen molar-refractivity contribution in [3.63, 3.8) is 0 Å². The van der Waals surface area contributed by atoms with E-state index >= 15 is 0 Å². The molecule has 1 aliphatic rings. The molecule has 0 bridgehead atoms. The van der Waals surface area contributed by atoms with E-state index in [1.807, 2.05) is 0 Å². The maximum absolute atomic E-state index is 12.4. The summed E-state index contributed by atoms with van der Waals surface area (Å²) in [4.78, 5) is 47.4. The van der Waals surface area contributed by atoms with Crippen LogP contribution >= 0.6 is 11.8 Å². The average molecular weight is 464 g/mol. The highest BCUT2D eigenvalue weighted by Gasteiger charge is 2.47. The zero-order chi connectivity index (χ0) is 23.6. The first-order valence-electron chi connectivity index (χ1n) is 9.90. The number of hydrogen-bond donors (Lipinski definition) is 0. The minimum atomic E-state index is -1.05. The van der Waals surface area contributed by atoms with Crippen molar-refractivity contribution < 1.29 is 37.7 Å². The number of thioether (sulfide) groups is 1. The molecular weight excluding hydrogens is 440 g/mol. The van der Waals surface area contributed by atoms with Crippen molar-refractivity contribution in [1.29, 1.82) is 0 Å². The topological polar surface area (TPSA) is 118 Å². The van der Waals surface area contributed by atoms with E-state index in [-0.39, 0.29) is 11.2 Å². The summed E-state index contributed by atoms with van der Waals surface area (Å²) in [5.74, 6) is -0.659. The molecule has 1 aliphatic heterocycles. The Morgan fingerprint density at radius 1 is 0.969 bits per heavy atom. The lowest BCUT2D eigenvalue weighted by molar-refractivity contribution is -0.186. The van der Waals surface area contributed by atoms with Gasteiger partial charge in [0.1, 0.15) is 17.1 Å². The van der Waals surface area contributed by atoms with E-state index in [2.05, 4.69) is 0 Å². The normalized spacial score (nSPS) is 22.8. The Balaban J connectivity index is 1.93. The molecule has 9 nitrogen and oxygen atoms in total. The summed E-state index contributed by atoms with van der Waals surface area (Å²) in [5, 5.41) is 0.418. The smallest absolute Gasteiger partial charge is 0.303 e. The molecule has 2 heterocycles. The summed E-state index contributed by atoms with van der Waals surface area (Å²) < 4.78 is 27.8. The van der Waals surface area contributed by atoms with Gasteiger partial charge in [-0.3, -0.25) is 19.2 Å². The molecule has 1 aromatic heterocycles. The fourth-order valence-corrected chi connectivity index (χ4v) is 4.61. The predicted octanol–water partition coefficient (Wildman–Crippen LogP) is 2.66. The number of esters is 3. The Hall–Kier alpha value is -3.01. The van der Waals surface area contributed by atoms with E-state index < -0.39 is 41.7 Å². The van der Waals surface area contributed by atoms with Crippen LogP contribution in [0.25, 0.3) is 11.0 Å². The van der Waals surface area contributed by atoms with Gasteiger partial charge in [0.2, 0.25) is 0 Å². The van der Waals surface area contributed by atoms with Crippen LogP contribution in [0.5, 0.6) is 5.75 Å². The first-order chi connectivity index (χ1) is 15.1. The number of carbonyl (C=O) groups is 3. The maximum atomic E-state index is 12.4. The van der Waals surface area contributed by atoms with Gasteiger partial charge in [0.05, 0.1) is 5.39 Å². The SMILES string of the molecule is CC(=O)O[C@@H]1[C@@H](OC(C)=O)[C@@H](Oc2ccc3c(=O)c(C)c(C)oc3c2)SC[C@H]1OC(C)=O. The van der Waals surface area contributed by atoms with Gasteiger partial charge in [-0.2, -0.15) is 0 Å². The molecule has 172 valence electrons. The molecule has 32 heavy (non-hydrogen) atoms. The van der Waals surface area contributed by atoms with Gasteiger partial charge in [0.25, 0.3) is 0 Å². The Labute approximate surface area is 188 Å². The second kappa shape index (κ2) is 9.64. The van der Waals surface area contributed by atoms with Gasteiger partial charge in [-0.25, -0.2) is 0 Å². The van der Waals surface area contributed by atoms with Crippen LogP contribution in [-0.4, -0.2) is 47.4 Å². The molecule has 0 unspecified atom stereocenters. The molecule has 1 saturated heterocycles. The van der Waals surface area contributed by atoms with Crippen molar-refractivity contribution in [1.82, 2.24) is 0 Å². The van der Waals surface area contributed by atoms with Gasteiger partial charge < -0.3 is 23.4 Å². The molecule has 2 aromatic rings. The zero-order valence-corrected chi connectivity index (χ0v) is 19.1. The van der Waals surface area contributed by atoms with Crippen molar-refractivity contribution in [2.75, 3.05) is 5.75 Å². The van der Waals surface area contributed by atoms with Crippen molar-refractivity contribution in [3.8, 4) is 5.75 Å². The second-order valence-electron chi connectivity index (χ2n) is 7.39. The number of aryl methyl sites for hydroxylation is 1. The summed E-state index contributed by atoms with van der Waals surface area (Å²) in [6.45, 7) is 7.07. The molecule has 0 spiro atoms. The highest BCUT2D eigenvalue weighted by molar-refractivity contribution is 7.99. The third-order valence-electron chi connectivity index (χ3n) is 4.89. The summed E-state index contributed by atoms with van der Waals surface area (Å²) in [6, 6.07) is 4.79. The largest absolute Gasteiger partial charge is 0.476 e. The highest BCUT2D eigenvalue weighted by atomic mass is 32.2. The van der Waals surface area contributed by atoms with Gasteiger partial charge in [0, 0.05) is 38.2 Å². The number of fused-ring (bicyclic) bond motifs is 1. The number of benzene rings is 1. The Morgan fingerprint density at radius 3 is 2.22 bits per heavy atom. The van der Waals surface area contributed by atoms with Crippen LogP contribution in [0.15, 0.2) is 27.4 Å². The van der Waals surface area contributed by atoms with E-state index in [0.717, 1.165) is 0 Å². The number of ether oxygens (including phenoxy) is 4. The summed E-state index contributed by atoms with van der Waals surface area (Å²) >= 11 is 1.24. The van der Waals surface area contributed by atoms with E-state index in [9.17, 15) is 19.2 Å². The quantitative estimate of drug-likeness (QED) is 0.483.